The average Bonchev–Trinajstić information content (AvgIpc) is 2.45. The summed E-state index contributed by atoms with van der Waals surface area (Å²) in [5, 5.41) is 0. The van der Waals surface area contributed by atoms with E-state index in [0.29, 0.717) is 32.7 Å². The number of esters is 2. The molecule has 0 aromatic rings. The largest absolute Gasteiger partial charge is 0.469 e. The van der Waals surface area contributed by atoms with Crippen LogP contribution in [0.2, 0.25) is 0 Å². The maximum absolute atomic E-state index is 12.0. The predicted molar refractivity (Wildman–Crippen MR) is 75.4 cm³/mol. The standard InChI is InChI=1S/C14H27NO5/c1-5-7-12(14(17)20-6-2)15(10-11-18-3)9-8-13(16)19-4/h12H,5-11H2,1-4H3. The lowest BCUT2D eigenvalue weighted by Gasteiger charge is -2.29. The molecule has 1 atom stereocenters. The van der Waals surface area contributed by atoms with Gasteiger partial charge in [-0.25, -0.2) is 0 Å². The summed E-state index contributed by atoms with van der Waals surface area (Å²) in [5.74, 6) is -0.526. The Morgan fingerprint density at radius 3 is 2.35 bits per heavy atom. The van der Waals surface area contributed by atoms with Crippen LogP contribution in [0.5, 0.6) is 0 Å². The van der Waals surface area contributed by atoms with Gasteiger partial charge in [0.05, 0.1) is 26.7 Å². The van der Waals surface area contributed by atoms with E-state index in [-0.39, 0.29) is 24.4 Å². The van der Waals surface area contributed by atoms with Crippen molar-refractivity contribution in [1.82, 2.24) is 4.90 Å². The smallest absolute Gasteiger partial charge is 0.323 e. The summed E-state index contributed by atoms with van der Waals surface area (Å²) in [6, 6.07) is -0.334. The van der Waals surface area contributed by atoms with Crippen LogP contribution in [-0.4, -0.2) is 63.4 Å². The molecule has 0 aliphatic heterocycles. The van der Waals surface area contributed by atoms with Crippen LogP contribution in [0, 0.1) is 0 Å². The van der Waals surface area contributed by atoms with Gasteiger partial charge in [-0.1, -0.05) is 13.3 Å². The number of ether oxygens (including phenoxy) is 3. The third kappa shape index (κ3) is 7.45. The number of methoxy groups -OCH3 is 2. The highest BCUT2D eigenvalue weighted by molar-refractivity contribution is 5.76. The molecule has 118 valence electrons. The Hall–Kier alpha value is -1.14. The van der Waals surface area contributed by atoms with Gasteiger partial charge in [-0.15, -0.1) is 0 Å². The molecule has 20 heavy (non-hydrogen) atoms. The van der Waals surface area contributed by atoms with E-state index in [1.54, 1.807) is 14.0 Å². The van der Waals surface area contributed by atoms with Crippen molar-refractivity contribution in [2.24, 2.45) is 0 Å². The van der Waals surface area contributed by atoms with Gasteiger partial charge in [0.15, 0.2) is 0 Å². The molecule has 0 heterocycles. The zero-order valence-electron chi connectivity index (χ0n) is 13.0. The van der Waals surface area contributed by atoms with Crippen molar-refractivity contribution in [2.75, 3.05) is 40.5 Å². The van der Waals surface area contributed by atoms with Gasteiger partial charge in [0.25, 0.3) is 0 Å². The first-order valence-corrected chi connectivity index (χ1v) is 7.07. The molecule has 0 amide bonds. The molecule has 0 bridgehead atoms. The highest BCUT2D eigenvalue weighted by atomic mass is 16.5. The highest BCUT2D eigenvalue weighted by Gasteiger charge is 2.26. The maximum Gasteiger partial charge on any atom is 0.323 e. The van der Waals surface area contributed by atoms with E-state index in [4.69, 9.17) is 9.47 Å². The van der Waals surface area contributed by atoms with Crippen molar-refractivity contribution in [3.05, 3.63) is 0 Å². The zero-order chi connectivity index (χ0) is 15.4. The van der Waals surface area contributed by atoms with Crippen LogP contribution < -0.4 is 0 Å². The maximum atomic E-state index is 12.0. The summed E-state index contributed by atoms with van der Waals surface area (Å²) in [5.41, 5.74) is 0. The molecule has 0 aliphatic carbocycles. The van der Waals surface area contributed by atoms with Gasteiger partial charge in [0.1, 0.15) is 6.04 Å². The summed E-state index contributed by atoms with van der Waals surface area (Å²) >= 11 is 0. The van der Waals surface area contributed by atoms with Crippen LogP contribution in [0.4, 0.5) is 0 Å². The number of carbonyl (C=O) groups excluding carboxylic acids is 2. The van der Waals surface area contributed by atoms with Crippen molar-refractivity contribution in [2.45, 2.75) is 39.2 Å². The minimum absolute atomic E-state index is 0.240. The summed E-state index contributed by atoms with van der Waals surface area (Å²) in [4.78, 5) is 25.2. The molecule has 0 aromatic carbocycles. The van der Waals surface area contributed by atoms with Crippen molar-refractivity contribution in [3.8, 4) is 0 Å². The molecule has 0 spiro atoms. The third-order valence-corrected chi connectivity index (χ3v) is 2.97. The fourth-order valence-electron chi connectivity index (χ4n) is 1.93. The lowest BCUT2D eigenvalue weighted by molar-refractivity contribution is -0.151. The van der Waals surface area contributed by atoms with Gasteiger partial charge in [-0.2, -0.15) is 0 Å². The lowest BCUT2D eigenvalue weighted by Crippen LogP contribution is -2.44. The molecule has 6 heteroatoms. The first kappa shape index (κ1) is 18.9. The predicted octanol–water partition coefficient (Wildman–Crippen LogP) is 1.23. The molecular formula is C14H27NO5. The first-order chi connectivity index (χ1) is 9.60. The second-order valence-corrected chi connectivity index (χ2v) is 4.41. The molecule has 6 nitrogen and oxygen atoms in total. The highest BCUT2D eigenvalue weighted by Crippen LogP contribution is 2.10. The Balaban J connectivity index is 4.70. The van der Waals surface area contributed by atoms with Crippen LogP contribution >= 0.6 is 0 Å². The quantitative estimate of drug-likeness (QED) is 0.533. The van der Waals surface area contributed by atoms with Gasteiger partial charge in [0, 0.05) is 20.2 Å². The summed E-state index contributed by atoms with van der Waals surface area (Å²) in [7, 11) is 2.97. The molecule has 0 aliphatic rings. The van der Waals surface area contributed by atoms with Crippen LogP contribution in [-0.2, 0) is 23.8 Å². The van der Waals surface area contributed by atoms with Gasteiger partial charge in [-0.05, 0) is 13.3 Å². The molecule has 0 fully saturated rings. The van der Waals surface area contributed by atoms with Crippen LogP contribution in [0.3, 0.4) is 0 Å². The van der Waals surface area contributed by atoms with E-state index in [1.165, 1.54) is 7.11 Å². The van der Waals surface area contributed by atoms with E-state index in [2.05, 4.69) is 4.74 Å². The number of carbonyl (C=O) groups is 2. The minimum Gasteiger partial charge on any atom is -0.469 e. The molecule has 0 saturated carbocycles. The van der Waals surface area contributed by atoms with E-state index >= 15 is 0 Å². The summed E-state index contributed by atoms with van der Waals surface area (Å²) in [6.07, 6.45) is 1.81. The Bertz CT molecular complexity index is 283. The van der Waals surface area contributed by atoms with Gasteiger partial charge >= 0.3 is 11.9 Å². The third-order valence-electron chi connectivity index (χ3n) is 2.97. The van der Waals surface area contributed by atoms with Crippen LogP contribution in [0.25, 0.3) is 0 Å². The lowest BCUT2D eigenvalue weighted by atomic mass is 10.1. The van der Waals surface area contributed by atoms with Crippen molar-refractivity contribution < 1.29 is 23.8 Å². The SMILES string of the molecule is CCCC(C(=O)OCC)N(CCOC)CCC(=O)OC. The van der Waals surface area contributed by atoms with E-state index < -0.39 is 0 Å². The number of rotatable bonds is 11. The molecule has 0 rings (SSSR count). The molecule has 1 unspecified atom stereocenters. The van der Waals surface area contributed by atoms with Crippen LogP contribution in [0.15, 0.2) is 0 Å². The topological polar surface area (TPSA) is 65.1 Å². The molecular weight excluding hydrogens is 262 g/mol. The normalized spacial score (nSPS) is 12.2. The zero-order valence-corrected chi connectivity index (χ0v) is 13.0. The Morgan fingerprint density at radius 1 is 1.15 bits per heavy atom. The van der Waals surface area contributed by atoms with Crippen LogP contribution in [0.1, 0.15) is 33.1 Å². The van der Waals surface area contributed by atoms with E-state index in [1.807, 2.05) is 11.8 Å². The second-order valence-electron chi connectivity index (χ2n) is 4.41. The van der Waals surface area contributed by atoms with Gasteiger partial charge in [0.2, 0.25) is 0 Å². The number of hydrogen-bond donors (Lipinski definition) is 0. The summed E-state index contributed by atoms with van der Waals surface area (Å²) < 4.78 is 14.8. The van der Waals surface area contributed by atoms with Crippen molar-refractivity contribution >= 4 is 11.9 Å². The number of hydrogen-bond acceptors (Lipinski definition) is 6. The van der Waals surface area contributed by atoms with Gasteiger partial charge < -0.3 is 14.2 Å². The first-order valence-electron chi connectivity index (χ1n) is 7.07. The molecule has 0 radical (unpaired) electrons. The second kappa shape index (κ2) is 11.7. The Morgan fingerprint density at radius 2 is 1.85 bits per heavy atom. The van der Waals surface area contributed by atoms with E-state index in [9.17, 15) is 9.59 Å². The molecule has 0 saturated heterocycles. The Kier molecular flexibility index (Phi) is 11.0. The number of nitrogens with zero attached hydrogens (tertiary/aromatic N) is 1. The van der Waals surface area contributed by atoms with Crippen molar-refractivity contribution in [3.63, 3.8) is 0 Å². The monoisotopic (exact) mass is 289 g/mol. The van der Waals surface area contributed by atoms with Gasteiger partial charge in [-0.3, -0.25) is 14.5 Å². The fourth-order valence-corrected chi connectivity index (χ4v) is 1.93. The fraction of sp³-hybridized carbons (Fsp3) is 0.857. The summed E-state index contributed by atoms with van der Waals surface area (Å²) in [6.45, 7) is 5.70. The Labute approximate surface area is 121 Å². The molecule has 0 aromatic heterocycles. The average molecular weight is 289 g/mol. The minimum atomic E-state index is -0.334. The van der Waals surface area contributed by atoms with Crippen molar-refractivity contribution in [1.29, 1.82) is 0 Å². The molecule has 0 N–H and O–H groups in total. The van der Waals surface area contributed by atoms with E-state index in [0.717, 1.165) is 6.42 Å².